The first kappa shape index (κ1) is 21.7. The van der Waals surface area contributed by atoms with Crippen LogP contribution in [0.4, 0.5) is 26.7 Å². The van der Waals surface area contributed by atoms with E-state index in [2.05, 4.69) is 21.3 Å². The molecule has 0 radical (unpaired) electrons. The Kier molecular flexibility index (Phi) is 7.19. The highest BCUT2D eigenvalue weighted by Crippen LogP contribution is 2.17. The van der Waals surface area contributed by atoms with Gasteiger partial charge >= 0.3 is 12.1 Å². The Morgan fingerprint density at radius 2 is 1.48 bits per heavy atom. The minimum Gasteiger partial charge on any atom is -0.444 e. The molecule has 2 aromatic rings. The van der Waals surface area contributed by atoms with Crippen LogP contribution in [0.2, 0.25) is 0 Å². The number of ether oxygens (including phenoxy) is 1. The van der Waals surface area contributed by atoms with E-state index in [1.807, 2.05) is 6.92 Å². The van der Waals surface area contributed by atoms with Gasteiger partial charge in [-0.25, -0.2) is 9.59 Å². The number of nitrogens with one attached hydrogen (secondary N) is 4. The van der Waals surface area contributed by atoms with E-state index in [0.717, 1.165) is 0 Å². The molecular weight excluding hydrogens is 372 g/mol. The molecular formula is C21H26N4O4. The molecule has 0 saturated heterocycles. The van der Waals surface area contributed by atoms with Gasteiger partial charge in [0.15, 0.2) is 0 Å². The molecule has 0 unspecified atom stereocenters. The van der Waals surface area contributed by atoms with Crippen molar-refractivity contribution in [2.75, 3.05) is 22.5 Å². The highest BCUT2D eigenvalue weighted by Gasteiger charge is 2.16. The van der Waals surface area contributed by atoms with Crippen molar-refractivity contribution in [2.24, 2.45) is 0 Å². The van der Waals surface area contributed by atoms with E-state index in [1.165, 1.54) is 0 Å². The lowest BCUT2D eigenvalue weighted by molar-refractivity contribution is 0.0635. The maximum atomic E-state index is 12.4. The maximum absolute atomic E-state index is 12.4. The highest BCUT2D eigenvalue weighted by atomic mass is 16.6. The number of anilines is 3. The smallest absolute Gasteiger partial charge is 0.412 e. The zero-order valence-corrected chi connectivity index (χ0v) is 17.0. The number of carbonyl (C=O) groups excluding carboxylic acids is 3. The number of rotatable bonds is 5. The molecule has 29 heavy (non-hydrogen) atoms. The van der Waals surface area contributed by atoms with E-state index in [-0.39, 0.29) is 11.9 Å². The summed E-state index contributed by atoms with van der Waals surface area (Å²) in [4.78, 5) is 35.8. The van der Waals surface area contributed by atoms with E-state index >= 15 is 0 Å². The van der Waals surface area contributed by atoms with Crippen LogP contribution in [0.1, 0.15) is 38.1 Å². The maximum Gasteiger partial charge on any atom is 0.412 e. The fourth-order valence-electron chi connectivity index (χ4n) is 2.34. The first-order valence-electron chi connectivity index (χ1n) is 9.22. The molecule has 0 aliphatic carbocycles. The van der Waals surface area contributed by atoms with Crippen LogP contribution in [-0.2, 0) is 4.74 Å². The van der Waals surface area contributed by atoms with Gasteiger partial charge in [0.2, 0.25) is 0 Å². The van der Waals surface area contributed by atoms with Crippen molar-refractivity contribution < 1.29 is 19.1 Å². The second-order valence-electron chi connectivity index (χ2n) is 7.22. The third-order valence-corrected chi connectivity index (χ3v) is 3.51. The zero-order chi connectivity index (χ0) is 21.4. The minimum atomic E-state index is -0.593. The summed E-state index contributed by atoms with van der Waals surface area (Å²) in [6.45, 7) is 7.67. The molecule has 0 aliphatic rings. The van der Waals surface area contributed by atoms with Crippen molar-refractivity contribution in [1.82, 2.24) is 5.32 Å². The summed E-state index contributed by atoms with van der Waals surface area (Å²) in [6.07, 6.45) is -0.564. The summed E-state index contributed by atoms with van der Waals surface area (Å²) in [5.41, 5.74) is 1.45. The normalized spacial score (nSPS) is 10.6. The molecule has 0 atom stereocenters. The molecule has 4 amide bonds. The Hall–Kier alpha value is -3.55. The molecule has 0 bridgehead atoms. The summed E-state index contributed by atoms with van der Waals surface area (Å²) in [6, 6.07) is 12.9. The van der Waals surface area contributed by atoms with Gasteiger partial charge in [-0.15, -0.1) is 0 Å². The van der Waals surface area contributed by atoms with E-state index < -0.39 is 11.7 Å². The standard InChI is InChI=1S/C21H26N4O4/c1-5-22-19(27)24-17-8-6-7-16(13-17)23-18(26)14-9-11-15(12-10-14)25-20(28)29-21(2,3)4/h6-13H,5H2,1-4H3,(H,23,26)(H,25,28)(H2,22,24,27). The van der Waals surface area contributed by atoms with Crippen molar-refractivity contribution in [2.45, 2.75) is 33.3 Å². The van der Waals surface area contributed by atoms with Crippen LogP contribution in [0.5, 0.6) is 0 Å². The molecule has 8 heteroatoms. The average molecular weight is 398 g/mol. The topological polar surface area (TPSA) is 109 Å². The molecule has 0 aromatic heterocycles. The van der Waals surface area contributed by atoms with Crippen LogP contribution in [-0.4, -0.2) is 30.2 Å². The molecule has 0 fully saturated rings. The molecule has 4 N–H and O–H groups in total. The number of carbonyl (C=O) groups is 3. The van der Waals surface area contributed by atoms with Crippen LogP contribution < -0.4 is 21.3 Å². The molecule has 0 saturated carbocycles. The van der Waals surface area contributed by atoms with Gasteiger partial charge in [-0.2, -0.15) is 0 Å². The van der Waals surface area contributed by atoms with Gasteiger partial charge in [0.25, 0.3) is 5.91 Å². The summed E-state index contributed by atoms with van der Waals surface area (Å²) in [5, 5.41) is 10.7. The Bertz CT molecular complexity index is 873. The van der Waals surface area contributed by atoms with Gasteiger partial charge in [-0.1, -0.05) is 6.07 Å². The Balaban J connectivity index is 1.97. The predicted octanol–water partition coefficient (Wildman–Crippen LogP) is 4.43. The summed E-state index contributed by atoms with van der Waals surface area (Å²) in [7, 11) is 0. The van der Waals surface area contributed by atoms with Gasteiger partial charge in [0.05, 0.1) is 0 Å². The van der Waals surface area contributed by atoms with Gasteiger partial charge in [0, 0.05) is 29.2 Å². The highest BCUT2D eigenvalue weighted by molar-refractivity contribution is 6.05. The lowest BCUT2D eigenvalue weighted by Crippen LogP contribution is -2.28. The summed E-state index contributed by atoms with van der Waals surface area (Å²) >= 11 is 0. The van der Waals surface area contributed by atoms with Gasteiger partial charge in [-0.3, -0.25) is 10.1 Å². The lowest BCUT2D eigenvalue weighted by atomic mass is 10.2. The molecule has 0 heterocycles. The molecule has 0 aliphatic heterocycles. The summed E-state index contributed by atoms with van der Waals surface area (Å²) in [5.74, 6) is -0.316. The largest absolute Gasteiger partial charge is 0.444 e. The molecule has 154 valence electrons. The second-order valence-corrected chi connectivity index (χ2v) is 7.22. The quantitative estimate of drug-likeness (QED) is 0.597. The Labute approximate surface area is 170 Å². The SMILES string of the molecule is CCNC(=O)Nc1cccc(NC(=O)c2ccc(NC(=O)OC(C)(C)C)cc2)c1. The molecule has 2 rings (SSSR count). The average Bonchev–Trinajstić information content (AvgIpc) is 2.61. The van der Waals surface area contributed by atoms with E-state index in [1.54, 1.807) is 69.3 Å². The molecule has 0 spiro atoms. The lowest BCUT2D eigenvalue weighted by Gasteiger charge is -2.19. The number of urea groups is 1. The van der Waals surface area contributed by atoms with Crippen molar-refractivity contribution in [3.8, 4) is 0 Å². The Morgan fingerprint density at radius 1 is 0.862 bits per heavy atom. The second kappa shape index (κ2) is 9.59. The van der Waals surface area contributed by atoms with Crippen LogP contribution >= 0.6 is 0 Å². The van der Waals surface area contributed by atoms with Crippen LogP contribution in [0, 0.1) is 0 Å². The fraction of sp³-hybridized carbons (Fsp3) is 0.286. The number of hydrogen-bond acceptors (Lipinski definition) is 4. The summed E-state index contributed by atoms with van der Waals surface area (Å²) < 4.78 is 5.19. The van der Waals surface area contributed by atoms with Gasteiger partial charge in [-0.05, 0) is 70.2 Å². The molecule has 8 nitrogen and oxygen atoms in total. The van der Waals surface area contributed by atoms with Crippen molar-refractivity contribution in [3.63, 3.8) is 0 Å². The van der Waals surface area contributed by atoms with Crippen molar-refractivity contribution in [3.05, 3.63) is 54.1 Å². The third-order valence-electron chi connectivity index (χ3n) is 3.51. The Morgan fingerprint density at radius 3 is 2.07 bits per heavy atom. The van der Waals surface area contributed by atoms with Gasteiger partial charge < -0.3 is 20.7 Å². The predicted molar refractivity (Wildman–Crippen MR) is 113 cm³/mol. The number of amides is 4. The minimum absolute atomic E-state index is 0.316. The first-order chi connectivity index (χ1) is 13.7. The number of benzene rings is 2. The fourth-order valence-corrected chi connectivity index (χ4v) is 2.34. The van der Waals surface area contributed by atoms with E-state index in [9.17, 15) is 14.4 Å². The van der Waals surface area contributed by atoms with Crippen LogP contribution in [0.3, 0.4) is 0 Å². The molecule has 2 aromatic carbocycles. The van der Waals surface area contributed by atoms with Crippen molar-refractivity contribution >= 4 is 35.1 Å². The van der Waals surface area contributed by atoms with Crippen LogP contribution in [0.15, 0.2) is 48.5 Å². The monoisotopic (exact) mass is 398 g/mol. The van der Waals surface area contributed by atoms with E-state index in [0.29, 0.717) is 29.2 Å². The van der Waals surface area contributed by atoms with Crippen LogP contribution in [0.25, 0.3) is 0 Å². The number of hydrogen-bond donors (Lipinski definition) is 4. The van der Waals surface area contributed by atoms with Crippen molar-refractivity contribution in [1.29, 1.82) is 0 Å². The zero-order valence-electron chi connectivity index (χ0n) is 17.0. The van der Waals surface area contributed by atoms with E-state index in [4.69, 9.17) is 4.74 Å². The first-order valence-corrected chi connectivity index (χ1v) is 9.22. The van der Waals surface area contributed by atoms with Gasteiger partial charge in [0.1, 0.15) is 5.60 Å². The third kappa shape index (κ3) is 7.53.